The van der Waals surface area contributed by atoms with E-state index in [1.54, 1.807) is 4.90 Å². The van der Waals surface area contributed by atoms with Gasteiger partial charge in [0.15, 0.2) is 0 Å². The molecule has 0 amide bonds. The summed E-state index contributed by atoms with van der Waals surface area (Å²) in [5, 5.41) is 5.81. The molecule has 114 valence electrons. The Morgan fingerprint density at radius 2 is 1.81 bits per heavy atom. The second kappa shape index (κ2) is 6.35. The second-order valence-corrected chi connectivity index (χ2v) is 5.11. The summed E-state index contributed by atoms with van der Waals surface area (Å²) in [6.45, 7) is 0.747. The van der Waals surface area contributed by atoms with Crippen molar-refractivity contribution in [2.45, 2.75) is 12.6 Å². The van der Waals surface area contributed by atoms with Crippen molar-refractivity contribution in [3.63, 3.8) is 0 Å². The van der Waals surface area contributed by atoms with Crippen LogP contribution in [-0.2, 0) is 6.18 Å². The number of halogens is 4. The standard InChI is InChI=1S/C12H12F4N4S/c13-8-2-4-9(5-3-8)20(7-1-6-17)11-19-18-10(21-11)12(14,15)16/h2-5H,1,6-7,17H2. The molecule has 0 bridgehead atoms. The van der Waals surface area contributed by atoms with E-state index >= 15 is 0 Å². The Labute approximate surface area is 122 Å². The van der Waals surface area contributed by atoms with Crippen LogP contribution in [0, 0.1) is 5.82 Å². The van der Waals surface area contributed by atoms with Gasteiger partial charge in [0, 0.05) is 12.2 Å². The number of rotatable bonds is 5. The lowest BCUT2D eigenvalue weighted by atomic mass is 10.2. The van der Waals surface area contributed by atoms with Crippen LogP contribution in [0.1, 0.15) is 11.4 Å². The molecule has 9 heteroatoms. The first-order chi connectivity index (χ1) is 9.91. The summed E-state index contributed by atoms with van der Waals surface area (Å²) in [5.74, 6) is -0.425. The van der Waals surface area contributed by atoms with Gasteiger partial charge in [0.1, 0.15) is 5.82 Å². The zero-order valence-electron chi connectivity index (χ0n) is 10.8. The van der Waals surface area contributed by atoms with Crippen molar-refractivity contribution in [1.82, 2.24) is 10.2 Å². The Balaban J connectivity index is 2.31. The van der Waals surface area contributed by atoms with Crippen LogP contribution in [-0.4, -0.2) is 23.3 Å². The molecular weight excluding hydrogens is 308 g/mol. The molecule has 0 fully saturated rings. The molecule has 1 aromatic carbocycles. The Hall–Kier alpha value is -1.74. The van der Waals surface area contributed by atoms with Crippen LogP contribution in [0.2, 0.25) is 0 Å². The molecule has 0 saturated heterocycles. The third-order valence-corrected chi connectivity index (χ3v) is 3.60. The van der Waals surface area contributed by atoms with Crippen LogP contribution >= 0.6 is 11.3 Å². The zero-order chi connectivity index (χ0) is 15.5. The number of aromatic nitrogens is 2. The number of benzene rings is 1. The van der Waals surface area contributed by atoms with Crippen molar-refractivity contribution >= 4 is 22.2 Å². The van der Waals surface area contributed by atoms with Crippen molar-refractivity contribution in [1.29, 1.82) is 0 Å². The monoisotopic (exact) mass is 320 g/mol. The van der Waals surface area contributed by atoms with E-state index in [1.165, 1.54) is 24.3 Å². The Morgan fingerprint density at radius 3 is 2.33 bits per heavy atom. The first kappa shape index (κ1) is 15.6. The minimum absolute atomic E-state index is 0.0994. The molecule has 0 aliphatic carbocycles. The van der Waals surface area contributed by atoms with Gasteiger partial charge >= 0.3 is 6.18 Å². The van der Waals surface area contributed by atoms with Crippen molar-refractivity contribution in [2.24, 2.45) is 5.73 Å². The minimum atomic E-state index is -4.53. The van der Waals surface area contributed by atoms with Crippen LogP contribution in [0.15, 0.2) is 24.3 Å². The first-order valence-corrected chi connectivity index (χ1v) is 6.87. The second-order valence-electron chi connectivity index (χ2n) is 4.16. The molecule has 0 saturated carbocycles. The van der Waals surface area contributed by atoms with Gasteiger partial charge in [-0.3, -0.25) is 0 Å². The van der Waals surface area contributed by atoms with Gasteiger partial charge in [-0.2, -0.15) is 13.2 Å². The highest BCUT2D eigenvalue weighted by molar-refractivity contribution is 7.15. The summed E-state index contributed by atoms with van der Waals surface area (Å²) >= 11 is 0.442. The van der Waals surface area contributed by atoms with Gasteiger partial charge < -0.3 is 10.6 Å². The van der Waals surface area contributed by atoms with Gasteiger partial charge in [-0.1, -0.05) is 11.3 Å². The number of anilines is 2. The van der Waals surface area contributed by atoms with Crippen molar-refractivity contribution < 1.29 is 17.6 Å². The van der Waals surface area contributed by atoms with Gasteiger partial charge in [-0.05, 0) is 37.2 Å². The number of alkyl halides is 3. The van der Waals surface area contributed by atoms with Crippen LogP contribution in [0.3, 0.4) is 0 Å². The Morgan fingerprint density at radius 1 is 1.14 bits per heavy atom. The lowest BCUT2D eigenvalue weighted by Gasteiger charge is -2.21. The third-order valence-electron chi connectivity index (χ3n) is 2.61. The summed E-state index contributed by atoms with van der Waals surface area (Å²) in [5.41, 5.74) is 5.97. The van der Waals surface area contributed by atoms with E-state index in [0.29, 0.717) is 36.5 Å². The molecule has 0 aliphatic rings. The molecule has 4 nitrogen and oxygen atoms in total. The highest BCUT2D eigenvalue weighted by Crippen LogP contribution is 2.36. The molecule has 0 radical (unpaired) electrons. The van der Waals surface area contributed by atoms with Crippen LogP contribution in [0.25, 0.3) is 0 Å². The van der Waals surface area contributed by atoms with E-state index in [0.717, 1.165) is 0 Å². The van der Waals surface area contributed by atoms with Crippen LogP contribution in [0.4, 0.5) is 28.4 Å². The van der Waals surface area contributed by atoms with Gasteiger partial charge in [-0.25, -0.2) is 4.39 Å². The molecule has 1 aromatic heterocycles. The Bertz CT molecular complexity index is 582. The molecule has 2 aromatic rings. The summed E-state index contributed by atoms with van der Waals surface area (Å²) in [7, 11) is 0. The molecule has 0 aliphatic heterocycles. The van der Waals surface area contributed by atoms with Gasteiger partial charge in [-0.15, -0.1) is 10.2 Å². The maximum absolute atomic E-state index is 13.0. The Kier molecular flexibility index (Phi) is 4.73. The lowest BCUT2D eigenvalue weighted by molar-refractivity contribution is -0.138. The molecule has 21 heavy (non-hydrogen) atoms. The smallest absolute Gasteiger partial charge is 0.330 e. The van der Waals surface area contributed by atoms with Crippen LogP contribution < -0.4 is 10.6 Å². The van der Waals surface area contributed by atoms with Gasteiger partial charge in [0.05, 0.1) is 0 Å². The van der Waals surface area contributed by atoms with Crippen molar-refractivity contribution in [3.05, 3.63) is 35.1 Å². The fourth-order valence-electron chi connectivity index (χ4n) is 1.64. The van der Waals surface area contributed by atoms with E-state index in [-0.39, 0.29) is 5.13 Å². The van der Waals surface area contributed by atoms with Crippen LogP contribution in [0.5, 0.6) is 0 Å². The molecule has 0 spiro atoms. The molecule has 0 unspecified atom stereocenters. The molecule has 1 heterocycles. The summed E-state index contributed by atoms with van der Waals surface area (Å²) in [4.78, 5) is 1.54. The fourth-order valence-corrected chi connectivity index (χ4v) is 2.40. The number of hydrogen-bond donors (Lipinski definition) is 1. The highest BCUT2D eigenvalue weighted by atomic mass is 32.1. The molecule has 2 N–H and O–H groups in total. The van der Waals surface area contributed by atoms with Crippen molar-refractivity contribution in [2.75, 3.05) is 18.0 Å². The number of nitrogens with two attached hydrogens (primary N) is 1. The van der Waals surface area contributed by atoms with E-state index in [1.807, 2.05) is 0 Å². The highest BCUT2D eigenvalue weighted by Gasteiger charge is 2.36. The van der Waals surface area contributed by atoms with Gasteiger partial charge in [0.2, 0.25) is 10.1 Å². The summed E-state index contributed by atoms with van der Waals surface area (Å²) < 4.78 is 50.7. The minimum Gasteiger partial charge on any atom is -0.330 e. The lowest BCUT2D eigenvalue weighted by Crippen LogP contribution is -2.20. The topological polar surface area (TPSA) is 55.0 Å². The largest absolute Gasteiger partial charge is 0.445 e. The molecular formula is C12H12F4N4S. The van der Waals surface area contributed by atoms with Gasteiger partial charge in [0.25, 0.3) is 0 Å². The average molecular weight is 320 g/mol. The quantitative estimate of drug-likeness (QED) is 0.860. The third kappa shape index (κ3) is 3.88. The van der Waals surface area contributed by atoms with E-state index < -0.39 is 17.0 Å². The number of hydrogen-bond acceptors (Lipinski definition) is 5. The number of nitrogens with zero attached hydrogens (tertiary/aromatic N) is 3. The van der Waals surface area contributed by atoms with E-state index in [4.69, 9.17) is 5.73 Å². The summed E-state index contributed by atoms with van der Waals surface area (Å²) in [6, 6.07) is 5.41. The molecule has 2 rings (SSSR count). The zero-order valence-corrected chi connectivity index (χ0v) is 11.6. The fraction of sp³-hybridized carbons (Fsp3) is 0.333. The average Bonchev–Trinajstić information content (AvgIpc) is 2.91. The van der Waals surface area contributed by atoms with E-state index in [9.17, 15) is 17.6 Å². The molecule has 0 atom stereocenters. The SMILES string of the molecule is NCCCN(c1ccc(F)cc1)c1nnc(C(F)(F)F)s1. The summed E-state index contributed by atoms with van der Waals surface area (Å²) in [6.07, 6.45) is -3.98. The van der Waals surface area contributed by atoms with Crippen molar-refractivity contribution in [3.8, 4) is 0 Å². The predicted octanol–water partition coefficient (Wildman–Crippen LogP) is 3.18. The maximum Gasteiger partial charge on any atom is 0.445 e. The maximum atomic E-state index is 13.0. The normalized spacial score (nSPS) is 11.7. The predicted molar refractivity (Wildman–Crippen MR) is 72.0 cm³/mol. The van der Waals surface area contributed by atoms with E-state index in [2.05, 4.69) is 10.2 Å². The first-order valence-electron chi connectivity index (χ1n) is 6.05.